The minimum atomic E-state index is -4.51. The molecule has 202 valence electrons. The second-order valence-electron chi connectivity index (χ2n) is 9.67. The minimum Gasteiger partial charge on any atom is -0.387 e. The lowest BCUT2D eigenvalue weighted by Crippen LogP contribution is -2.44. The lowest BCUT2D eigenvalue weighted by molar-refractivity contribution is -0.141. The molecule has 2 aliphatic heterocycles. The van der Waals surface area contributed by atoms with Crippen molar-refractivity contribution < 1.29 is 22.8 Å². The van der Waals surface area contributed by atoms with Gasteiger partial charge in [0, 0.05) is 30.0 Å². The molecule has 2 aliphatic rings. The lowest BCUT2D eigenvalue weighted by atomic mass is 9.96. The Bertz CT molecular complexity index is 1310. The van der Waals surface area contributed by atoms with Crippen LogP contribution >= 0.6 is 11.3 Å². The SMILES string of the molecule is Cc1cc(C(F)(F)F)nn1CC(C=O)N1CCC(c2nc(C3=NO[C@@H](c4ccccc4CN)C3)cs2)CC1. The number of thiazole rings is 1. The van der Waals surface area contributed by atoms with Crippen LogP contribution in [0, 0.1) is 6.92 Å². The van der Waals surface area contributed by atoms with E-state index in [1.54, 1.807) is 18.3 Å². The van der Waals surface area contributed by atoms with Crippen LogP contribution in [0.3, 0.4) is 0 Å². The number of nitrogens with zero attached hydrogens (tertiary/aromatic N) is 5. The van der Waals surface area contributed by atoms with Gasteiger partial charge in [0.25, 0.3) is 0 Å². The maximum atomic E-state index is 13.0. The first-order valence-corrected chi connectivity index (χ1v) is 13.4. The molecule has 5 rings (SSSR count). The van der Waals surface area contributed by atoms with Gasteiger partial charge in [-0.2, -0.15) is 18.3 Å². The van der Waals surface area contributed by atoms with Gasteiger partial charge in [0.1, 0.15) is 12.0 Å². The zero-order chi connectivity index (χ0) is 26.9. The number of hydrogen-bond donors (Lipinski definition) is 1. The Morgan fingerprint density at radius 1 is 1.26 bits per heavy atom. The van der Waals surface area contributed by atoms with E-state index < -0.39 is 17.9 Å². The first-order valence-electron chi connectivity index (χ1n) is 12.5. The molecule has 1 fully saturated rings. The van der Waals surface area contributed by atoms with E-state index in [-0.39, 0.29) is 18.6 Å². The number of hydrogen-bond acceptors (Lipinski definition) is 8. The smallest absolute Gasteiger partial charge is 0.387 e. The molecule has 0 saturated carbocycles. The van der Waals surface area contributed by atoms with Crippen LogP contribution in [0.1, 0.15) is 64.5 Å². The highest BCUT2D eigenvalue weighted by atomic mass is 32.1. The van der Waals surface area contributed by atoms with E-state index in [2.05, 4.69) is 10.3 Å². The van der Waals surface area contributed by atoms with Crippen molar-refractivity contribution in [1.29, 1.82) is 0 Å². The predicted octanol–water partition coefficient (Wildman–Crippen LogP) is 4.44. The van der Waals surface area contributed by atoms with Gasteiger partial charge in [0.05, 0.1) is 23.3 Å². The molecular weight excluding hydrogens is 517 g/mol. The fourth-order valence-electron chi connectivity index (χ4n) is 5.07. The van der Waals surface area contributed by atoms with Crippen LogP contribution in [0.2, 0.25) is 0 Å². The number of aldehydes is 1. The zero-order valence-corrected chi connectivity index (χ0v) is 21.7. The van der Waals surface area contributed by atoms with Crippen LogP contribution in [0.4, 0.5) is 13.2 Å². The average Bonchev–Trinajstić information content (AvgIpc) is 3.67. The van der Waals surface area contributed by atoms with Crippen LogP contribution in [-0.2, 0) is 28.9 Å². The third kappa shape index (κ3) is 5.52. The van der Waals surface area contributed by atoms with Crippen molar-refractivity contribution in [2.24, 2.45) is 10.9 Å². The first-order chi connectivity index (χ1) is 18.3. The van der Waals surface area contributed by atoms with Crippen LogP contribution in [0.25, 0.3) is 0 Å². The Hall–Kier alpha value is -3.09. The van der Waals surface area contributed by atoms with Crippen LogP contribution in [0.15, 0.2) is 40.9 Å². The molecule has 2 atom stereocenters. The third-order valence-electron chi connectivity index (χ3n) is 7.24. The number of alkyl halides is 3. The van der Waals surface area contributed by atoms with Crippen LogP contribution in [-0.4, -0.2) is 50.8 Å². The summed E-state index contributed by atoms with van der Waals surface area (Å²) in [4.78, 5) is 24.4. The van der Waals surface area contributed by atoms with Crippen molar-refractivity contribution in [1.82, 2.24) is 19.7 Å². The van der Waals surface area contributed by atoms with Gasteiger partial charge in [-0.1, -0.05) is 29.4 Å². The van der Waals surface area contributed by atoms with Crippen molar-refractivity contribution >= 4 is 23.3 Å². The summed E-state index contributed by atoms with van der Waals surface area (Å²) in [6, 6.07) is 8.40. The number of rotatable bonds is 8. The van der Waals surface area contributed by atoms with E-state index in [0.717, 1.165) is 52.7 Å². The van der Waals surface area contributed by atoms with E-state index in [4.69, 9.17) is 15.6 Å². The summed E-state index contributed by atoms with van der Waals surface area (Å²) in [6.45, 7) is 3.39. The highest BCUT2D eigenvalue weighted by molar-refractivity contribution is 7.10. The lowest BCUT2D eigenvalue weighted by Gasteiger charge is -2.34. The number of likely N-dealkylation sites (tertiary alicyclic amines) is 1. The van der Waals surface area contributed by atoms with E-state index in [9.17, 15) is 18.0 Å². The Labute approximate surface area is 222 Å². The highest BCUT2D eigenvalue weighted by Gasteiger charge is 2.35. The number of oxime groups is 1. The van der Waals surface area contributed by atoms with Crippen molar-refractivity contribution in [2.75, 3.05) is 13.1 Å². The van der Waals surface area contributed by atoms with Gasteiger partial charge in [-0.3, -0.25) is 9.58 Å². The molecule has 1 unspecified atom stereocenters. The predicted molar refractivity (Wildman–Crippen MR) is 137 cm³/mol. The van der Waals surface area contributed by atoms with Crippen LogP contribution < -0.4 is 5.73 Å². The van der Waals surface area contributed by atoms with Gasteiger partial charge in [0.15, 0.2) is 11.8 Å². The zero-order valence-electron chi connectivity index (χ0n) is 20.9. The number of aromatic nitrogens is 3. The molecule has 3 aromatic rings. The van der Waals surface area contributed by atoms with Crippen LogP contribution in [0.5, 0.6) is 0 Å². The van der Waals surface area contributed by atoms with Gasteiger partial charge in [-0.05, 0) is 50.0 Å². The van der Waals surface area contributed by atoms with E-state index >= 15 is 0 Å². The Kier molecular flexibility index (Phi) is 7.64. The van der Waals surface area contributed by atoms with Crippen molar-refractivity contribution in [3.8, 4) is 0 Å². The maximum Gasteiger partial charge on any atom is 0.435 e. The van der Waals surface area contributed by atoms with Crippen molar-refractivity contribution in [2.45, 2.75) is 63.5 Å². The molecule has 1 saturated heterocycles. The molecule has 12 heteroatoms. The van der Waals surface area contributed by atoms with Gasteiger partial charge >= 0.3 is 6.18 Å². The number of carbonyl (C=O) groups excluding carboxylic acids is 1. The average molecular weight is 547 g/mol. The standard InChI is InChI=1S/C26H29F3N6O2S/c1-16-10-24(26(27,28)29)32-35(16)13-19(14-36)34-8-6-17(7-9-34)25-31-22(15-38-25)21-11-23(37-33-21)20-5-3-2-4-18(20)12-30/h2-5,10,14-15,17,19,23H,6-9,11-13,30H2,1H3/t19?,23-/m1/s1. The second kappa shape index (κ2) is 11.0. The molecule has 8 nitrogen and oxygen atoms in total. The highest BCUT2D eigenvalue weighted by Crippen LogP contribution is 2.35. The Morgan fingerprint density at radius 2 is 2.03 bits per heavy atom. The molecule has 0 spiro atoms. The van der Waals surface area contributed by atoms with E-state index in [1.165, 1.54) is 4.68 Å². The summed E-state index contributed by atoms with van der Waals surface area (Å²) in [5.74, 6) is 0.247. The van der Waals surface area contributed by atoms with E-state index in [1.807, 2.05) is 34.5 Å². The number of aryl methyl sites for hydroxylation is 1. The van der Waals surface area contributed by atoms with Gasteiger partial charge in [-0.25, -0.2) is 4.98 Å². The maximum absolute atomic E-state index is 13.0. The first kappa shape index (κ1) is 26.5. The second-order valence-corrected chi connectivity index (χ2v) is 10.6. The molecule has 2 N–H and O–H groups in total. The summed E-state index contributed by atoms with van der Waals surface area (Å²) in [7, 11) is 0. The summed E-state index contributed by atoms with van der Waals surface area (Å²) in [5.41, 5.74) is 9.03. The van der Waals surface area contributed by atoms with E-state index in [0.29, 0.717) is 31.7 Å². The topological polar surface area (TPSA) is 98.6 Å². The fourth-order valence-corrected chi connectivity index (χ4v) is 6.07. The monoisotopic (exact) mass is 546 g/mol. The minimum absolute atomic E-state index is 0.0890. The van der Waals surface area contributed by atoms with Gasteiger partial charge in [-0.15, -0.1) is 11.3 Å². The fraction of sp³-hybridized carbons (Fsp3) is 0.462. The number of piperidine rings is 1. The normalized spacial score (nSPS) is 19.8. The number of nitrogens with two attached hydrogens (primary N) is 1. The molecule has 0 radical (unpaired) electrons. The molecule has 38 heavy (non-hydrogen) atoms. The Balaban J connectivity index is 1.18. The Morgan fingerprint density at radius 3 is 2.71 bits per heavy atom. The molecular formula is C26H29F3N6O2S. The summed E-state index contributed by atoms with van der Waals surface area (Å²) < 4.78 is 40.3. The summed E-state index contributed by atoms with van der Waals surface area (Å²) in [6.07, 6.45) is -1.65. The number of halogens is 3. The molecule has 2 aromatic heterocycles. The molecule has 0 amide bonds. The van der Waals surface area contributed by atoms with Crippen molar-refractivity contribution in [3.63, 3.8) is 0 Å². The summed E-state index contributed by atoms with van der Waals surface area (Å²) in [5, 5.41) is 11.0. The van der Waals surface area contributed by atoms with Crippen molar-refractivity contribution in [3.05, 3.63) is 68.9 Å². The van der Waals surface area contributed by atoms with Gasteiger partial charge < -0.3 is 15.4 Å². The quantitative estimate of drug-likeness (QED) is 0.420. The number of carbonyl (C=O) groups is 1. The molecule has 4 heterocycles. The largest absolute Gasteiger partial charge is 0.435 e. The number of benzene rings is 1. The molecule has 1 aromatic carbocycles. The molecule has 0 aliphatic carbocycles. The third-order valence-corrected chi connectivity index (χ3v) is 8.25. The van der Waals surface area contributed by atoms with Gasteiger partial charge in [0.2, 0.25) is 0 Å². The molecule has 0 bridgehead atoms. The summed E-state index contributed by atoms with van der Waals surface area (Å²) >= 11 is 1.60.